The van der Waals surface area contributed by atoms with Gasteiger partial charge in [-0.1, -0.05) is 18.2 Å². The van der Waals surface area contributed by atoms with Crippen molar-refractivity contribution in [1.29, 1.82) is 0 Å². The highest BCUT2D eigenvalue weighted by Gasteiger charge is 2.19. The van der Waals surface area contributed by atoms with E-state index in [4.69, 9.17) is 4.42 Å². The van der Waals surface area contributed by atoms with Gasteiger partial charge in [0.2, 0.25) is 0 Å². The van der Waals surface area contributed by atoms with Gasteiger partial charge < -0.3 is 14.8 Å². The predicted molar refractivity (Wildman–Crippen MR) is 66.0 cm³/mol. The Balaban J connectivity index is 1.86. The fourth-order valence-electron chi connectivity index (χ4n) is 2.37. The summed E-state index contributed by atoms with van der Waals surface area (Å²) in [4.78, 5) is 0. The molecular weight excluding hydrogens is 214 g/mol. The first-order chi connectivity index (χ1) is 8.34. The Morgan fingerprint density at radius 1 is 1.29 bits per heavy atom. The number of aliphatic hydroxyl groups is 1. The molecule has 0 saturated heterocycles. The molecular formula is C14H15NO2. The van der Waals surface area contributed by atoms with Crippen LogP contribution in [-0.2, 0) is 12.8 Å². The SMILES string of the molecule is OC(Cc1ccco1)c1cccc2c1NCC2. The molecule has 0 saturated carbocycles. The third-order valence-electron chi connectivity index (χ3n) is 3.21. The molecule has 1 aliphatic rings. The van der Waals surface area contributed by atoms with Crippen LogP contribution in [0.25, 0.3) is 0 Å². The second kappa shape index (κ2) is 4.26. The highest BCUT2D eigenvalue weighted by atomic mass is 16.3. The Morgan fingerprint density at radius 2 is 2.24 bits per heavy atom. The van der Waals surface area contributed by atoms with E-state index >= 15 is 0 Å². The number of furan rings is 1. The van der Waals surface area contributed by atoms with E-state index in [1.165, 1.54) is 5.56 Å². The molecule has 2 N–H and O–H groups in total. The zero-order valence-electron chi connectivity index (χ0n) is 9.52. The van der Waals surface area contributed by atoms with Crippen LogP contribution in [0.1, 0.15) is 23.0 Å². The molecule has 1 atom stereocenters. The minimum atomic E-state index is -0.512. The van der Waals surface area contributed by atoms with Crippen LogP contribution in [0.5, 0.6) is 0 Å². The molecule has 3 nitrogen and oxygen atoms in total. The molecule has 0 radical (unpaired) electrons. The zero-order chi connectivity index (χ0) is 11.7. The molecule has 0 aliphatic carbocycles. The first-order valence-corrected chi connectivity index (χ1v) is 5.90. The van der Waals surface area contributed by atoms with Gasteiger partial charge in [0.25, 0.3) is 0 Å². The standard InChI is InChI=1S/C14H15NO2/c16-13(9-11-4-2-8-17-11)12-5-1-3-10-6-7-15-14(10)12/h1-5,8,13,15-16H,6-7,9H2. The van der Waals surface area contributed by atoms with Crippen molar-refractivity contribution in [3.05, 3.63) is 53.5 Å². The maximum atomic E-state index is 10.3. The minimum Gasteiger partial charge on any atom is -0.469 e. The molecule has 0 fully saturated rings. The molecule has 3 rings (SSSR count). The van der Waals surface area contributed by atoms with E-state index < -0.39 is 6.10 Å². The third kappa shape index (κ3) is 1.94. The molecule has 1 aliphatic heterocycles. The Morgan fingerprint density at radius 3 is 3.06 bits per heavy atom. The molecule has 0 spiro atoms. The van der Waals surface area contributed by atoms with E-state index in [1.54, 1.807) is 6.26 Å². The average Bonchev–Trinajstić information content (AvgIpc) is 2.97. The molecule has 0 amide bonds. The van der Waals surface area contributed by atoms with E-state index in [1.807, 2.05) is 24.3 Å². The summed E-state index contributed by atoms with van der Waals surface area (Å²) in [7, 11) is 0. The van der Waals surface area contributed by atoms with Gasteiger partial charge in [0.15, 0.2) is 0 Å². The lowest BCUT2D eigenvalue weighted by atomic mass is 10.0. The number of anilines is 1. The summed E-state index contributed by atoms with van der Waals surface area (Å²) in [5.41, 5.74) is 3.36. The van der Waals surface area contributed by atoms with Crippen LogP contribution in [0, 0.1) is 0 Å². The lowest BCUT2D eigenvalue weighted by Crippen LogP contribution is -2.04. The number of aliphatic hydroxyl groups excluding tert-OH is 1. The van der Waals surface area contributed by atoms with Crippen molar-refractivity contribution in [2.24, 2.45) is 0 Å². The first-order valence-electron chi connectivity index (χ1n) is 5.90. The number of hydrogen-bond acceptors (Lipinski definition) is 3. The van der Waals surface area contributed by atoms with Gasteiger partial charge >= 0.3 is 0 Å². The van der Waals surface area contributed by atoms with Crippen molar-refractivity contribution in [1.82, 2.24) is 0 Å². The maximum Gasteiger partial charge on any atom is 0.106 e. The van der Waals surface area contributed by atoms with Gasteiger partial charge in [-0.3, -0.25) is 0 Å². The maximum absolute atomic E-state index is 10.3. The molecule has 17 heavy (non-hydrogen) atoms. The molecule has 1 unspecified atom stereocenters. The topological polar surface area (TPSA) is 45.4 Å². The number of nitrogens with one attached hydrogen (secondary N) is 1. The number of rotatable bonds is 3. The van der Waals surface area contributed by atoms with Crippen LogP contribution in [0.15, 0.2) is 41.0 Å². The van der Waals surface area contributed by atoms with E-state index in [2.05, 4.69) is 11.4 Å². The third-order valence-corrected chi connectivity index (χ3v) is 3.21. The van der Waals surface area contributed by atoms with Crippen molar-refractivity contribution in [3.63, 3.8) is 0 Å². The molecule has 2 aromatic rings. The highest BCUT2D eigenvalue weighted by molar-refractivity contribution is 5.61. The van der Waals surface area contributed by atoms with Crippen LogP contribution in [0.4, 0.5) is 5.69 Å². The van der Waals surface area contributed by atoms with Gasteiger partial charge in [0, 0.05) is 24.2 Å². The summed E-state index contributed by atoms with van der Waals surface area (Å²) in [6.45, 7) is 0.958. The number of fused-ring (bicyclic) bond motifs is 1. The van der Waals surface area contributed by atoms with Crippen LogP contribution < -0.4 is 5.32 Å². The Kier molecular flexibility index (Phi) is 2.61. The van der Waals surface area contributed by atoms with Gasteiger partial charge in [0.1, 0.15) is 5.76 Å². The Hall–Kier alpha value is -1.74. The van der Waals surface area contributed by atoms with Crippen LogP contribution in [-0.4, -0.2) is 11.7 Å². The van der Waals surface area contributed by atoms with Gasteiger partial charge in [-0.05, 0) is 24.1 Å². The van der Waals surface area contributed by atoms with E-state index in [0.717, 1.165) is 30.0 Å². The van der Waals surface area contributed by atoms with E-state index in [0.29, 0.717) is 6.42 Å². The largest absolute Gasteiger partial charge is 0.469 e. The van der Waals surface area contributed by atoms with Crippen molar-refractivity contribution < 1.29 is 9.52 Å². The van der Waals surface area contributed by atoms with Crippen LogP contribution in [0.2, 0.25) is 0 Å². The number of benzene rings is 1. The second-order valence-corrected chi connectivity index (χ2v) is 4.36. The van der Waals surface area contributed by atoms with Gasteiger partial charge in [-0.15, -0.1) is 0 Å². The van der Waals surface area contributed by atoms with E-state index in [-0.39, 0.29) is 0 Å². The van der Waals surface area contributed by atoms with Gasteiger partial charge in [0.05, 0.1) is 12.4 Å². The fraction of sp³-hybridized carbons (Fsp3) is 0.286. The molecule has 1 aromatic carbocycles. The Bertz CT molecular complexity index is 505. The average molecular weight is 229 g/mol. The summed E-state index contributed by atoms with van der Waals surface area (Å²) >= 11 is 0. The van der Waals surface area contributed by atoms with E-state index in [9.17, 15) is 5.11 Å². The summed E-state index contributed by atoms with van der Waals surface area (Å²) in [6.07, 6.45) is 2.68. The van der Waals surface area contributed by atoms with Crippen LogP contribution in [0.3, 0.4) is 0 Å². The quantitative estimate of drug-likeness (QED) is 0.850. The lowest BCUT2D eigenvalue weighted by Gasteiger charge is -2.14. The smallest absolute Gasteiger partial charge is 0.106 e. The molecule has 1 aromatic heterocycles. The lowest BCUT2D eigenvalue weighted by molar-refractivity contribution is 0.171. The number of para-hydroxylation sites is 1. The minimum absolute atomic E-state index is 0.512. The summed E-state index contributed by atoms with van der Waals surface area (Å²) < 4.78 is 5.26. The monoisotopic (exact) mass is 229 g/mol. The summed E-state index contributed by atoms with van der Waals surface area (Å²) in [6, 6.07) is 9.82. The summed E-state index contributed by atoms with van der Waals surface area (Å²) in [5, 5.41) is 13.6. The zero-order valence-corrected chi connectivity index (χ0v) is 9.52. The number of hydrogen-bond donors (Lipinski definition) is 2. The highest BCUT2D eigenvalue weighted by Crippen LogP contribution is 2.32. The summed E-state index contributed by atoms with van der Waals surface area (Å²) in [5.74, 6) is 0.813. The molecule has 3 heteroatoms. The normalized spacial score (nSPS) is 15.4. The second-order valence-electron chi connectivity index (χ2n) is 4.36. The Labute approximate surface area is 100 Å². The molecule has 2 heterocycles. The van der Waals surface area contributed by atoms with Crippen LogP contribution >= 0.6 is 0 Å². The van der Waals surface area contributed by atoms with Gasteiger partial charge in [-0.2, -0.15) is 0 Å². The van der Waals surface area contributed by atoms with Crippen molar-refractivity contribution in [2.75, 3.05) is 11.9 Å². The van der Waals surface area contributed by atoms with Crippen molar-refractivity contribution in [2.45, 2.75) is 18.9 Å². The van der Waals surface area contributed by atoms with Crippen molar-refractivity contribution in [3.8, 4) is 0 Å². The van der Waals surface area contributed by atoms with Crippen molar-refractivity contribution >= 4 is 5.69 Å². The van der Waals surface area contributed by atoms with Gasteiger partial charge in [-0.25, -0.2) is 0 Å². The predicted octanol–water partition coefficient (Wildman–Crippen LogP) is 2.52. The first kappa shape index (κ1) is 10.4. The molecule has 0 bridgehead atoms. The fourth-order valence-corrected chi connectivity index (χ4v) is 2.37. The molecule has 88 valence electrons.